The van der Waals surface area contributed by atoms with E-state index in [1.54, 1.807) is 11.9 Å². The minimum atomic E-state index is -1.06. The van der Waals surface area contributed by atoms with Crippen molar-refractivity contribution in [1.29, 1.82) is 0 Å². The van der Waals surface area contributed by atoms with Gasteiger partial charge in [-0.15, -0.1) is 0 Å². The van der Waals surface area contributed by atoms with Gasteiger partial charge in [-0.3, -0.25) is 4.79 Å². The number of rotatable bonds is 7. The highest BCUT2D eigenvalue weighted by molar-refractivity contribution is 5.78. The molecular formula is C10H19NO4. The second-order valence-corrected chi connectivity index (χ2v) is 3.36. The molecule has 0 rings (SSSR count). The number of nitrogens with zero attached hydrogens (tertiary/aromatic N) is 1. The Bertz CT molecular complexity index is 213. The van der Waals surface area contributed by atoms with Crippen LogP contribution in [0.1, 0.15) is 26.7 Å². The predicted molar refractivity (Wildman–Crippen MR) is 55.6 cm³/mol. The monoisotopic (exact) mass is 217 g/mol. The number of likely N-dealkylation sites (N-methyl/N-ethyl adjacent to an activating group) is 1. The SMILES string of the molecule is CCC(CC)N(C)C(=O)COCC(=O)O. The summed E-state index contributed by atoms with van der Waals surface area (Å²) in [6, 6.07) is 0.200. The zero-order chi connectivity index (χ0) is 11.8. The van der Waals surface area contributed by atoms with Crippen LogP contribution in [0.2, 0.25) is 0 Å². The zero-order valence-corrected chi connectivity index (χ0v) is 9.52. The molecule has 15 heavy (non-hydrogen) atoms. The fourth-order valence-electron chi connectivity index (χ4n) is 1.37. The summed E-state index contributed by atoms with van der Waals surface area (Å²) < 4.78 is 4.73. The third-order valence-corrected chi connectivity index (χ3v) is 2.33. The summed E-state index contributed by atoms with van der Waals surface area (Å²) in [7, 11) is 1.71. The Labute approximate surface area is 90.0 Å². The van der Waals surface area contributed by atoms with Crippen molar-refractivity contribution in [2.24, 2.45) is 0 Å². The first kappa shape index (κ1) is 13.9. The van der Waals surface area contributed by atoms with Crippen LogP contribution in [0.15, 0.2) is 0 Å². The van der Waals surface area contributed by atoms with Gasteiger partial charge >= 0.3 is 5.97 Å². The van der Waals surface area contributed by atoms with Gasteiger partial charge in [0, 0.05) is 13.1 Å². The number of carboxylic acid groups (broad SMARTS) is 1. The number of amides is 1. The first-order valence-corrected chi connectivity index (χ1v) is 5.08. The molecule has 0 aromatic rings. The summed E-state index contributed by atoms with van der Waals surface area (Å²) >= 11 is 0. The van der Waals surface area contributed by atoms with Crippen molar-refractivity contribution in [2.45, 2.75) is 32.7 Å². The molecule has 0 spiro atoms. The average Bonchev–Trinajstić information content (AvgIpc) is 2.18. The van der Waals surface area contributed by atoms with Crippen molar-refractivity contribution in [3.05, 3.63) is 0 Å². The summed E-state index contributed by atoms with van der Waals surface area (Å²) in [4.78, 5) is 23.3. The van der Waals surface area contributed by atoms with Crippen LogP contribution in [0.25, 0.3) is 0 Å². The molecule has 88 valence electrons. The summed E-state index contributed by atoms with van der Waals surface area (Å²) in [5.41, 5.74) is 0. The fourth-order valence-corrected chi connectivity index (χ4v) is 1.37. The third-order valence-electron chi connectivity index (χ3n) is 2.33. The van der Waals surface area contributed by atoms with Gasteiger partial charge < -0.3 is 14.7 Å². The van der Waals surface area contributed by atoms with Gasteiger partial charge in [0.25, 0.3) is 0 Å². The Balaban J connectivity index is 3.92. The molecule has 0 saturated carbocycles. The Morgan fingerprint density at radius 3 is 2.20 bits per heavy atom. The number of hydrogen-bond donors (Lipinski definition) is 1. The van der Waals surface area contributed by atoms with Gasteiger partial charge in [-0.2, -0.15) is 0 Å². The first-order chi connectivity index (χ1) is 7.02. The molecule has 0 atom stereocenters. The lowest BCUT2D eigenvalue weighted by atomic mass is 10.1. The highest BCUT2D eigenvalue weighted by Crippen LogP contribution is 2.06. The topological polar surface area (TPSA) is 66.8 Å². The standard InChI is InChI=1S/C10H19NO4/c1-4-8(5-2)11(3)9(12)6-15-7-10(13)14/h8H,4-7H2,1-3H3,(H,13,14). The average molecular weight is 217 g/mol. The molecule has 0 aliphatic heterocycles. The molecule has 1 N–H and O–H groups in total. The van der Waals surface area contributed by atoms with E-state index >= 15 is 0 Å². The molecule has 0 aliphatic rings. The van der Waals surface area contributed by atoms with Crippen LogP contribution < -0.4 is 0 Å². The van der Waals surface area contributed by atoms with Crippen LogP contribution in [-0.2, 0) is 14.3 Å². The first-order valence-electron chi connectivity index (χ1n) is 5.08. The van der Waals surface area contributed by atoms with Crippen LogP contribution >= 0.6 is 0 Å². The van der Waals surface area contributed by atoms with E-state index in [0.29, 0.717) is 0 Å². The lowest BCUT2D eigenvalue weighted by Crippen LogP contribution is -2.38. The third kappa shape index (κ3) is 5.37. The number of aliphatic carboxylic acids is 1. The molecule has 0 unspecified atom stereocenters. The molecule has 0 bridgehead atoms. The molecule has 0 saturated heterocycles. The van der Waals surface area contributed by atoms with E-state index in [9.17, 15) is 9.59 Å². The molecule has 0 aromatic carbocycles. The maximum Gasteiger partial charge on any atom is 0.329 e. The van der Waals surface area contributed by atoms with Gasteiger partial charge in [0.2, 0.25) is 5.91 Å². The normalized spacial score (nSPS) is 10.4. The van der Waals surface area contributed by atoms with E-state index in [2.05, 4.69) is 0 Å². The molecule has 1 amide bonds. The quantitative estimate of drug-likeness (QED) is 0.682. The smallest absolute Gasteiger partial charge is 0.329 e. The molecular weight excluding hydrogens is 198 g/mol. The summed E-state index contributed by atoms with van der Waals surface area (Å²) in [6.07, 6.45) is 1.77. The van der Waals surface area contributed by atoms with Gasteiger partial charge in [-0.1, -0.05) is 13.8 Å². The Hall–Kier alpha value is -1.10. The lowest BCUT2D eigenvalue weighted by Gasteiger charge is -2.26. The Kier molecular flexibility index (Phi) is 6.70. The van der Waals surface area contributed by atoms with Gasteiger partial charge in [0.05, 0.1) is 0 Å². The van der Waals surface area contributed by atoms with Gasteiger partial charge in [-0.25, -0.2) is 4.79 Å². The number of ether oxygens (including phenoxy) is 1. The van der Waals surface area contributed by atoms with Crippen molar-refractivity contribution in [1.82, 2.24) is 4.90 Å². The maximum atomic E-state index is 11.5. The van der Waals surface area contributed by atoms with Crippen LogP contribution in [0.4, 0.5) is 0 Å². The van der Waals surface area contributed by atoms with Gasteiger partial charge in [-0.05, 0) is 12.8 Å². The summed E-state index contributed by atoms with van der Waals surface area (Å²) in [6.45, 7) is 3.42. The van der Waals surface area contributed by atoms with Crippen LogP contribution in [0.3, 0.4) is 0 Å². The lowest BCUT2D eigenvalue weighted by molar-refractivity contribution is -0.146. The van der Waals surface area contributed by atoms with E-state index in [4.69, 9.17) is 9.84 Å². The fraction of sp³-hybridized carbons (Fsp3) is 0.800. The number of carboxylic acids is 1. The number of carbonyl (C=O) groups excluding carboxylic acids is 1. The Morgan fingerprint density at radius 1 is 1.27 bits per heavy atom. The van der Waals surface area contributed by atoms with E-state index < -0.39 is 12.6 Å². The second-order valence-electron chi connectivity index (χ2n) is 3.36. The molecule has 5 heteroatoms. The molecule has 0 aliphatic carbocycles. The molecule has 5 nitrogen and oxygen atoms in total. The molecule has 0 heterocycles. The van der Waals surface area contributed by atoms with E-state index in [-0.39, 0.29) is 18.6 Å². The highest BCUT2D eigenvalue weighted by atomic mass is 16.5. The van der Waals surface area contributed by atoms with Crippen LogP contribution in [0, 0.1) is 0 Å². The summed E-state index contributed by atoms with van der Waals surface area (Å²) in [5, 5.41) is 8.32. The minimum absolute atomic E-state index is 0.167. The summed E-state index contributed by atoms with van der Waals surface area (Å²) in [5.74, 6) is -1.24. The van der Waals surface area contributed by atoms with Gasteiger partial charge in [0.15, 0.2) is 0 Å². The highest BCUT2D eigenvalue weighted by Gasteiger charge is 2.16. The maximum absolute atomic E-state index is 11.5. The van der Waals surface area contributed by atoms with Gasteiger partial charge in [0.1, 0.15) is 13.2 Å². The van der Waals surface area contributed by atoms with Crippen molar-refractivity contribution in [2.75, 3.05) is 20.3 Å². The van der Waals surface area contributed by atoms with Crippen molar-refractivity contribution in [3.63, 3.8) is 0 Å². The van der Waals surface area contributed by atoms with E-state index in [1.807, 2.05) is 13.8 Å². The second kappa shape index (κ2) is 7.23. The minimum Gasteiger partial charge on any atom is -0.480 e. The van der Waals surface area contributed by atoms with Crippen LogP contribution in [0.5, 0.6) is 0 Å². The molecule has 0 fully saturated rings. The van der Waals surface area contributed by atoms with E-state index in [1.165, 1.54) is 0 Å². The van der Waals surface area contributed by atoms with Crippen molar-refractivity contribution >= 4 is 11.9 Å². The number of carbonyl (C=O) groups is 2. The van der Waals surface area contributed by atoms with Crippen molar-refractivity contribution < 1.29 is 19.4 Å². The number of hydrogen-bond acceptors (Lipinski definition) is 3. The Morgan fingerprint density at radius 2 is 1.80 bits per heavy atom. The van der Waals surface area contributed by atoms with Crippen LogP contribution in [-0.4, -0.2) is 48.2 Å². The molecule has 0 aromatic heterocycles. The van der Waals surface area contributed by atoms with E-state index in [0.717, 1.165) is 12.8 Å². The molecule has 0 radical (unpaired) electrons. The zero-order valence-electron chi connectivity index (χ0n) is 9.52. The van der Waals surface area contributed by atoms with Crippen molar-refractivity contribution in [3.8, 4) is 0 Å². The largest absolute Gasteiger partial charge is 0.480 e. The predicted octanol–water partition coefficient (Wildman–Crippen LogP) is 0.735.